The molecule has 2 rings (SSSR count). The smallest absolute Gasteiger partial charge is 0.183 e. The number of ether oxygens (including phenoxy) is 1. The van der Waals surface area contributed by atoms with Gasteiger partial charge in [-0.15, -0.1) is 24.8 Å². The minimum atomic E-state index is -0.445. The van der Waals surface area contributed by atoms with Crippen molar-refractivity contribution in [1.29, 1.82) is 0 Å². The first-order valence-electron chi connectivity index (χ1n) is 4.67. The largest absolute Gasteiger partial charge is 0.494 e. The lowest BCUT2D eigenvalue weighted by molar-refractivity contribution is 0.383. The molecule has 0 spiro atoms. The number of aromatic nitrogens is 1. The molecule has 1 aromatic heterocycles. The van der Waals surface area contributed by atoms with Crippen LogP contribution < -0.4 is 10.5 Å². The van der Waals surface area contributed by atoms with Gasteiger partial charge in [0.2, 0.25) is 0 Å². The lowest BCUT2D eigenvalue weighted by atomic mass is 10.1. The highest BCUT2D eigenvalue weighted by molar-refractivity contribution is 5.85. The molecule has 1 aliphatic rings. The Morgan fingerprint density at radius 3 is 2.62 bits per heavy atom. The first-order chi connectivity index (χ1) is 6.72. The molecule has 6 heteroatoms. The van der Waals surface area contributed by atoms with Crippen LogP contribution in [0.4, 0.5) is 4.39 Å². The van der Waals surface area contributed by atoms with Crippen LogP contribution in [0.2, 0.25) is 0 Å². The van der Waals surface area contributed by atoms with Crippen molar-refractivity contribution in [2.24, 2.45) is 11.7 Å². The van der Waals surface area contributed by atoms with E-state index >= 15 is 0 Å². The summed E-state index contributed by atoms with van der Waals surface area (Å²) in [5, 5.41) is 0. The van der Waals surface area contributed by atoms with Gasteiger partial charge in [-0.1, -0.05) is 0 Å². The SMILES string of the molecule is COc1cc(C(N)C2CC2)ncc1F.Cl.Cl. The second-order valence-corrected chi connectivity index (χ2v) is 3.61. The minimum absolute atomic E-state index is 0. The molecule has 92 valence electrons. The molecule has 1 fully saturated rings. The molecule has 0 radical (unpaired) electrons. The number of methoxy groups -OCH3 is 1. The summed E-state index contributed by atoms with van der Waals surface area (Å²) in [4.78, 5) is 3.97. The Kier molecular flexibility index (Phi) is 6.00. The normalized spacial score (nSPS) is 15.7. The number of nitrogens with two attached hydrogens (primary N) is 1. The standard InChI is InChI=1S/C10H13FN2O.2ClH/c1-14-9-4-8(13-5-7(9)11)10(12)6-2-3-6;;/h4-6,10H,2-3,12H2,1H3;2*1H. The van der Waals surface area contributed by atoms with Gasteiger partial charge in [-0.2, -0.15) is 0 Å². The van der Waals surface area contributed by atoms with E-state index in [1.54, 1.807) is 6.07 Å². The van der Waals surface area contributed by atoms with Gasteiger partial charge in [0.05, 0.1) is 19.0 Å². The topological polar surface area (TPSA) is 48.1 Å². The molecule has 1 atom stereocenters. The van der Waals surface area contributed by atoms with Crippen LogP contribution in [0.5, 0.6) is 5.75 Å². The van der Waals surface area contributed by atoms with Gasteiger partial charge in [0.15, 0.2) is 11.6 Å². The Hall–Kier alpha value is -0.580. The van der Waals surface area contributed by atoms with E-state index in [9.17, 15) is 4.39 Å². The fourth-order valence-corrected chi connectivity index (χ4v) is 1.47. The predicted octanol–water partition coefficient (Wildman–Crippen LogP) is 2.48. The molecule has 1 heterocycles. The van der Waals surface area contributed by atoms with Crippen molar-refractivity contribution in [2.45, 2.75) is 18.9 Å². The van der Waals surface area contributed by atoms with Crippen molar-refractivity contribution in [1.82, 2.24) is 4.98 Å². The van der Waals surface area contributed by atoms with Crippen LogP contribution in [0.1, 0.15) is 24.6 Å². The minimum Gasteiger partial charge on any atom is -0.494 e. The Morgan fingerprint density at radius 1 is 1.50 bits per heavy atom. The number of rotatable bonds is 3. The lowest BCUT2D eigenvalue weighted by Gasteiger charge is -2.10. The fraction of sp³-hybridized carbons (Fsp3) is 0.500. The summed E-state index contributed by atoms with van der Waals surface area (Å²) >= 11 is 0. The fourth-order valence-electron chi connectivity index (χ4n) is 1.47. The maximum Gasteiger partial charge on any atom is 0.183 e. The lowest BCUT2D eigenvalue weighted by Crippen LogP contribution is -2.14. The third kappa shape index (κ3) is 3.20. The van der Waals surface area contributed by atoms with E-state index < -0.39 is 5.82 Å². The highest BCUT2D eigenvalue weighted by Crippen LogP contribution is 2.39. The molecule has 1 aromatic rings. The second-order valence-electron chi connectivity index (χ2n) is 3.61. The molecule has 0 saturated heterocycles. The monoisotopic (exact) mass is 268 g/mol. The molecule has 0 aliphatic heterocycles. The van der Waals surface area contributed by atoms with E-state index in [4.69, 9.17) is 10.5 Å². The molecule has 0 amide bonds. The van der Waals surface area contributed by atoms with Crippen LogP contribution >= 0.6 is 24.8 Å². The maximum atomic E-state index is 13.0. The molecule has 16 heavy (non-hydrogen) atoms. The summed E-state index contributed by atoms with van der Waals surface area (Å²) in [6.07, 6.45) is 3.45. The quantitative estimate of drug-likeness (QED) is 0.917. The van der Waals surface area contributed by atoms with E-state index in [2.05, 4.69) is 4.98 Å². The summed E-state index contributed by atoms with van der Waals surface area (Å²) in [5.74, 6) is 0.281. The van der Waals surface area contributed by atoms with Gasteiger partial charge in [-0.05, 0) is 18.8 Å². The summed E-state index contributed by atoms with van der Waals surface area (Å²) in [6, 6.07) is 1.50. The molecular weight excluding hydrogens is 254 g/mol. The Labute approximate surface area is 106 Å². The van der Waals surface area contributed by atoms with Crippen molar-refractivity contribution in [2.75, 3.05) is 7.11 Å². The average Bonchev–Trinajstić information content (AvgIpc) is 3.01. The second kappa shape index (κ2) is 6.23. The third-order valence-corrected chi connectivity index (χ3v) is 2.53. The van der Waals surface area contributed by atoms with Crippen molar-refractivity contribution >= 4 is 24.8 Å². The first kappa shape index (κ1) is 15.4. The maximum absolute atomic E-state index is 13.0. The van der Waals surface area contributed by atoms with Gasteiger partial charge in [0.1, 0.15) is 0 Å². The molecular formula is C10H15Cl2FN2O. The van der Waals surface area contributed by atoms with Gasteiger partial charge in [-0.25, -0.2) is 4.39 Å². The molecule has 2 N–H and O–H groups in total. The Morgan fingerprint density at radius 2 is 2.12 bits per heavy atom. The average molecular weight is 269 g/mol. The van der Waals surface area contributed by atoms with Gasteiger partial charge in [0.25, 0.3) is 0 Å². The Balaban J connectivity index is 0.00000112. The number of hydrogen-bond donors (Lipinski definition) is 1. The van der Waals surface area contributed by atoms with E-state index in [1.807, 2.05) is 0 Å². The Bertz CT molecular complexity index is 348. The van der Waals surface area contributed by atoms with Crippen LogP contribution in [-0.4, -0.2) is 12.1 Å². The highest BCUT2D eigenvalue weighted by Gasteiger charge is 2.30. The third-order valence-electron chi connectivity index (χ3n) is 2.53. The van der Waals surface area contributed by atoms with Gasteiger partial charge >= 0.3 is 0 Å². The summed E-state index contributed by atoms with van der Waals surface area (Å²) in [5.41, 5.74) is 6.65. The molecule has 1 saturated carbocycles. The molecule has 0 bridgehead atoms. The van der Waals surface area contributed by atoms with E-state index in [0.29, 0.717) is 11.6 Å². The van der Waals surface area contributed by atoms with Crippen LogP contribution in [0.25, 0.3) is 0 Å². The molecule has 1 unspecified atom stereocenters. The van der Waals surface area contributed by atoms with Crippen LogP contribution in [0.3, 0.4) is 0 Å². The molecule has 0 aromatic carbocycles. The van der Waals surface area contributed by atoms with Gasteiger partial charge in [0, 0.05) is 12.1 Å². The first-order valence-corrected chi connectivity index (χ1v) is 4.67. The number of halogens is 3. The van der Waals surface area contributed by atoms with Crippen molar-refractivity contribution in [3.63, 3.8) is 0 Å². The zero-order valence-electron chi connectivity index (χ0n) is 8.85. The number of nitrogens with zero attached hydrogens (tertiary/aromatic N) is 1. The molecule has 3 nitrogen and oxygen atoms in total. The van der Waals surface area contributed by atoms with Crippen molar-refractivity contribution in [3.05, 3.63) is 23.8 Å². The van der Waals surface area contributed by atoms with Crippen LogP contribution in [0, 0.1) is 11.7 Å². The van der Waals surface area contributed by atoms with Gasteiger partial charge in [-0.3, -0.25) is 4.98 Å². The van der Waals surface area contributed by atoms with Gasteiger partial charge < -0.3 is 10.5 Å². The summed E-state index contributed by atoms with van der Waals surface area (Å²) in [6.45, 7) is 0. The van der Waals surface area contributed by atoms with Crippen molar-refractivity contribution < 1.29 is 9.13 Å². The zero-order valence-corrected chi connectivity index (χ0v) is 10.5. The molecule has 1 aliphatic carbocycles. The summed E-state index contributed by atoms with van der Waals surface area (Å²) in [7, 11) is 1.44. The zero-order chi connectivity index (χ0) is 10.1. The number of pyridine rings is 1. The van der Waals surface area contributed by atoms with Crippen LogP contribution in [-0.2, 0) is 0 Å². The highest BCUT2D eigenvalue weighted by atomic mass is 35.5. The van der Waals surface area contributed by atoms with Crippen molar-refractivity contribution in [3.8, 4) is 5.75 Å². The summed E-state index contributed by atoms with van der Waals surface area (Å²) < 4.78 is 17.9. The predicted molar refractivity (Wildman–Crippen MR) is 64.9 cm³/mol. The van der Waals surface area contributed by atoms with E-state index in [1.165, 1.54) is 7.11 Å². The van der Waals surface area contributed by atoms with E-state index in [-0.39, 0.29) is 36.6 Å². The van der Waals surface area contributed by atoms with E-state index in [0.717, 1.165) is 19.0 Å². The number of hydrogen-bond acceptors (Lipinski definition) is 3. The van der Waals surface area contributed by atoms with Crippen LogP contribution in [0.15, 0.2) is 12.3 Å².